The number of halogens is 1. The van der Waals surface area contributed by atoms with Gasteiger partial charge in [0.05, 0.1) is 12.1 Å². The molecule has 30 heavy (non-hydrogen) atoms. The molecular formula is C25H22FN3O. The van der Waals surface area contributed by atoms with Crippen molar-refractivity contribution < 1.29 is 9.18 Å². The molecule has 0 saturated heterocycles. The summed E-state index contributed by atoms with van der Waals surface area (Å²) in [6, 6.07) is 21.6. The van der Waals surface area contributed by atoms with E-state index >= 15 is 0 Å². The van der Waals surface area contributed by atoms with Crippen LogP contribution in [0, 0.1) is 5.82 Å². The SMILES string of the molecule is CN1C(=O)[C@@H](Cc2c[nH]c3ccccc23)NC(c2ccccc2F)c2ccccc21. The van der Waals surface area contributed by atoms with Gasteiger partial charge in [-0.1, -0.05) is 54.6 Å². The van der Waals surface area contributed by atoms with Gasteiger partial charge in [-0.2, -0.15) is 0 Å². The Balaban J connectivity index is 1.59. The lowest BCUT2D eigenvalue weighted by molar-refractivity contribution is -0.120. The minimum absolute atomic E-state index is 0.0356. The van der Waals surface area contributed by atoms with Crippen molar-refractivity contribution in [2.75, 3.05) is 11.9 Å². The largest absolute Gasteiger partial charge is 0.361 e. The van der Waals surface area contributed by atoms with E-state index < -0.39 is 12.1 Å². The number of aromatic nitrogens is 1. The molecule has 0 spiro atoms. The molecule has 5 rings (SSSR count). The summed E-state index contributed by atoms with van der Waals surface area (Å²) >= 11 is 0. The van der Waals surface area contributed by atoms with Crippen molar-refractivity contribution >= 4 is 22.5 Å². The molecular weight excluding hydrogens is 377 g/mol. The van der Waals surface area contributed by atoms with Crippen molar-refractivity contribution in [3.05, 3.63) is 102 Å². The van der Waals surface area contributed by atoms with Crippen molar-refractivity contribution in [2.24, 2.45) is 0 Å². The second-order valence-electron chi connectivity index (χ2n) is 7.69. The molecule has 2 heterocycles. The van der Waals surface area contributed by atoms with Gasteiger partial charge in [0.2, 0.25) is 5.91 Å². The van der Waals surface area contributed by atoms with Crippen LogP contribution in [0.1, 0.15) is 22.7 Å². The first-order valence-electron chi connectivity index (χ1n) is 10.1. The molecule has 0 saturated carbocycles. The summed E-state index contributed by atoms with van der Waals surface area (Å²) < 4.78 is 14.8. The maximum absolute atomic E-state index is 14.8. The van der Waals surface area contributed by atoms with Crippen LogP contribution in [0.5, 0.6) is 0 Å². The van der Waals surface area contributed by atoms with Crippen molar-refractivity contribution in [1.82, 2.24) is 10.3 Å². The predicted octanol–water partition coefficient (Wildman–Crippen LogP) is 4.57. The fourth-order valence-electron chi connectivity index (χ4n) is 4.38. The average molecular weight is 399 g/mol. The van der Waals surface area contributed by atoms with E-state index in [2.05, 4.69) is 16.4 Å². The van der Waals surface area contributed by atoms with Gasteiger partial charge in [0.1, 0.15) is 5.82 Å². The van der Waals surface area contributed by atoms with Gasteiger partial charge in [-0.3, -0.25) is 10.1 Å². The number of amides is 1. The number of carbonyl (C=O) groups is 1. The highest BCUT2D eigenvalue weighted by Crippen LogP contribution is 2.35. The molecule has 1 aliphatic rings. The van der Waals surface area contributed by atoms with E-state index in [1.807, 2.05) is 54.7 Å². The Morgan fingerprint density at radius 3 is 2.47 bits per heavy atom. The molecule has 3 aromatic carbocycles. The van der Waals surface area contributed by atoms with Crippen molar-refractivity contribution in [1.29, 1.82) is 0 Å². The zero-order valence-electron chi connectivity index (χ0n) is 16.6. The molecule has 0 aliphatic carbocycles. The lowest BCUT2D eigenvalue weighted by Gasteiger charge is -2.23. The number of rotatable bonds is 3. The van der Waals surface area contributed by atoms with Crippen LogP contribution in [0.4, 0.5) is 10.1 Å². The van der Waals surface area contributed by atoms with Crippen molar-refractivity contribution in [2.45, 2.75) is 18.5 Å². The zero-order valence-corrected chi connectivity index (χ0v) is 16.6. The summed E-state index contributed by atoms with van der Waals surface area (Å²) in [6.45, 7) is 0. The van der Waals surface area contributed by atoms with Crippen LogP contribution in [0.3, 0.4) is 0 Å². The van der Waals surface area contributed by atoms with Gasteiger partial charge in [-0.25, -0.2) is 4.39 Å². The molecule has 1 aromatic heterocycles. The Hall–Kier alpha value is -3.44. The first kappa shape index (κ1) is 18.6. The summed E-state index contributed by atoms with van der Waals surface area (Å²) in [5.41, 5.74) is 4.32. The molecule has 0 bridgehead atoms. The Morgan fingerprint density at radius 1 is 0.933 bits per heavy atom. The summed E-state index contributed by atoms with van der Waals surface area (Å²) in [6.07, 6.45) is 2.46. The van der Waals surface area contributed by atoms with Gasteiger partial charge >= 0.3 is 0 Å². The maximum Gasteiger partial charge on any atom is 0.244 e. The number of H-pyrrole nitrogens is 1. The van der Waals surface area contributed by atoms with E-state index in [0.29, 0.717) is 12.0 Å². The number of benzene rings is 3. The van der Waals surface area contributed by atoms with Crippen LogP contribution in [-0.4, -0.2) is 24.0 Å². The first-order chi connectivity index (χ1) is 14.6. The number of nitrogens with one attached hydrogen (secondary N) is 2. The van der Waals surface area contributed by atoms with Gasteiger partial charge in [-0.05, 0) is 35.7 Å². The molecule has 4 aromatic rings. The summed E-state index contributed by atoms with van der Waals surface area (Å²) in [5.74, 6) is -0.320. The van der Waals surface area contributed by atoms with E-state index in [0.717, 1.165) is 27.7 Å². The van der Waals surface area contributed by atoms with Gasteiger partial charge in [0.15, 0.2) is 0 Å². The number of hydrogen-bond donors (Lipinski definition) is 2. The van der Waals surface area contributed by atoms with Gasteiger partial charge in [0, 0.05) is 35.4 Å². The van der Waals surface area contributed by atoms with E-state index in [4.69, 9.17) is 0 Å². The molecule has 2 N–H and O–H groups in total. The predicted molar refractivity (Wildman–Crippen MR) is 117 cm³/mol. The Morgan fingerprint density at radius 2 is 1.63 bits per heavy atom. The van der Waals surface area contributed by atoms with Gasteiger partial charge < -0.3 is 9.88 Å². The highest BCUT2D eigenvalue weighted by Gasteiger charge is 2.34. The molecule has 0 radical (unpaired) electrons. The molecule has 0 fully saturated rings. The smallest absolute Gasteiger partial charge is 0.244 e. The quantitative estimate of drug-likeness (QED) is 0.530. The number of nitrogens with zero attached hydrogens (tertiary/aromatic N) is 1. The third kappa shape index (κ3) is 3.08. The molecule has 150 valence electrons. The van der Waals surface area contributed by atoms with Crippen LogP contribution in [0.2, 0.25) is 0 Å². The third-order valence-corrected chi connectivity index (χ3v) is 5.92. The molecule has 4 nitrogen and oxygen atoms in total. The number of carbonyl (C=O) groups excluding carboxylic acids is 1. The Bertz CT molecular complexity index is 1230. The van der Waals surface area contributed by atoms with Crippen LogP contribution >= 0.6 is 0 Å². The number of fused-ring (bicyclic) bond motifs is 2. The molecule has 1 unspecified atom stereocenters. The van der Waals surface area contributed by atoms with Gasteiger partial charge in [-0.15, -0.1) is 0 Å². The third-order valence-electron chi connectivity index (χ3n) is 5.92. The molecule has 5 heteroatoms. The van der Waals surface area contributed by atoms with Crippen molar-refractivity contribution in [3.8, 4) is 0 Å². The van der Waals surface area contributed by atoms with Crippen LogP contribution in [0.25, 0.3) is 10.9 Å². The highest BCUT2D eigenvalue weighted by atomic mass is 19.1. The van der Waals surface area contributed by atoms with Crippen LogP contribution in [-0.2, 0) is 11.2 Å². The number of hydrogen-bond acceptors (Lipinski definition) is 2. The average Bonchev–Trinajstić information content (AvgIpc) is 3.15. The summed E-state index contributed by atoms with van der Waals surface area (Å²) in [7, 11) is 1.79. The molecule has 1 amide bonds. The Kier molecular flexibility index (Phi) is 4.60. The fourth-order valence-corrected chi connectivity index (χ4v) is 4.38. The molecule has 2 atom stereocenters. The van der Waals surface area contributed by atoms with Gasteiger partial charge in [0.25, 0.3) is 0 Å². The monoisotopic (exact) mass is 399 g/mol. The summed E-state index contributed by atoms with van der Waals surface area (Å²) in [4.78, 5) is 18.4. The number of anilines is 1. The normalized spacial score (nSPS) is 19.0. The van der Waals surface area contributed by atoms with Crippen molar-refractivity contribution in [3.63, 3.8) is 0 Å². The standard InChI is InChI=1S/C25H22FN3O/c1-29-23-13-7-4-10-19(23)24(18-9-2-5-11-20(18)26)28-22(25(29)30)14-16-15-27-21-12-6-3-8-17(16)21/h2-13,15,22,24,27-28H,14H2,1H3/t22-,24?/m1/s1. The minimum atomic E-state index is -0.494. The zero-order chi connectivity index (χ0) is 20.7. The Labute approximate surface area is 174 Å². The lowest BCUT2D eigenvalue weighted by Crippen LogP contribution is -2.45. The first-order valence-corrected chi connectivity index (χ1v) is 10.1. The number of likely N-dealkylation sites (N-methyl/N-ethyl adjacent to an activating group) is 1. The van der Waals surface area contributed by atoms with E-state index in [1.165, 1.54) is 6.07 Å². The fraction of sp³-hybridized carbons (Fsp3) is 0.160. The summed E-state index contributed by atoms with van der Waals surface area (Å²) in [5, 5.41) is 4.56. The minimum Gasteiger partial charge on any atom is -0.361 e. The van der Waals surface area contributed by atoms with Crippen LogP contribution in [0.15, 0.2) is 79.0 Å². The maximum atomic E-state index is 14.8. The lowest BCUT2D eigenvalue weighted by atomic mass is 9.96. The number of aromatic amines is 1. The second-order valence-corrected chi connectivity index (χ2v) is 7.69. The van der Waals surface area contributed by atoms with E-state index in [-0.39, 0.29) is 11.7 Å². The second kappa shape index (κ2) is 7.43. The number of para-hydroxylation sites is 2. The molecule has 1 aliphatic heterocycles. The van der Waals surface area contributed by atoms with E-state index in [9.17, 15) is 9.18 Å². The van der Waals surface area contributed by atoms with Crippen LogP contribution < -0.4 is 10.2 Å². The van der Waals surface area contributed by atoms with E-state index in [1.54, 1.807) is 24.1 Å². The topological polar surface area (TPSA) is 48.1 Å². The highest BCUT2D eigenvalue weighted by molar-refractivity contribution is 5.99.